The molecule has 0 unspecified atom stereocenters. The summed E-state index contributed by atoms with van der Waals surface area (Å²) in [6.45, 7) is 2.72. The summed E-state index contributed by atoms with van der Waals surface area (Å²) in [5, 5.41) is 16.7. The van der Waals surface area contributed by atoms with Crippen LogP contribution in [0, 0.1) is 0 Å². The average Bonchev–Trinajstić information content (AvgIpc) is 2.86. The molecule has 8 heteroatoms. The molecule has 184 valence electrons. The van der Waals surface area contributed by atoms with Crippen LogP contribution in [0.2, 0.25) is 0 Å². The van der Waals surface area contributed by atoms with E-state index in [4.69, 9.17) is 0 Å². The number of amides is 1. The minimum Gasteiger partial charge on any atom is -0.391 e. The summed E-state index contributed by atoms with van der Waals surface area (Å²) in [4.78, 5) is 12.6. The minimum atomic E-state index is -3.84. The van der Waals surface area contributed by atoms with Crippen LogP contribution in [0.1, 0.15) is 41.6 Å². The molecule has 0 aliphatic heterocycles. The van der Waals surface area contributed by atoms with Gasteiger partial charge in [0.2, 0.25) is 15.9 Å². The topological polar surface area (TPSA) is 108 Å². The fourth-order valence-corrected chi connectivity index (χ4v) is 5.52. The Balaban J connectivity index is 1.45. The zero-order valence-electron chi connectivity index (χ0n) is 19.7. The van der Waals surface area contributed by atoms with Crippen LogP contribution in [-0.4, -0.2) is 32.1 Å². The lowest BCUT2D eigenvalue weighted by Crippen LogP contribution is -2.39. The first-order valence-corrected chi connectivity index (χ1v) is 13.3. The van der Waals surface area contributed by atoms with E-state index in [2.05, 4.69) is 15.4 Å². The van der Waals surface area contributed by atoms with Gasteiger partial charge in [-0.05, 0) is 65.8 Å². The van der Waals surface area contributed by atoms with Gasteiger partial charge in [0, 0.05) is 12.2 Å². The second-order valence-corrected chi connectivity index (χ2v) is 10.5. The van der Waals surface area contributed by atoms with E-state index in [1.54, 1.807) is 36.4 Å². The van der Waals surface area contributed by atoms with Crippen molar-refractivity contribution in [3.63, 3.8) is 0 Å². The van der Waals surface area contributed by atoms with Gasteiger partial charge in [0.1, 0.15) is 0 Å². The van der Waals surface area contributed by atoms with Crippen molar-refractivity contribution in [2.45, 2.75) is 49.8 Å². The van der Waals surface area contributed by atoms with Crippen LogP contribution < -0.4 is 15.4 Å². The Bertz CT molecular complexity index is 1260. The second-order valence-electron chi connectivity index (χ2n) is 8.75. The van der Waals surface area contributed by atoms with E-state index >= 15 is 0 Å². The molecule has 4 N–H and O–H groups in total. The smallest absolute Gasteiger partial charge is 0.241 e. The normalized spacial score (nSPS) is 17.5. The van der Waals surface area contributed by atoms with Gasteiger partial charge in [-0.3, -0.25) is 4.79 Å². The number of fused-ring (bicyclic) bond motifs is 1. The lowest BCUT2D eigenvalue weighted by atomic mass is 9.86. The SMILES string of the molecule is CCc1ccc(S(=O)(=O)N[C@@H]2c3cc(NC(=O)CNCc4ccccc4)ccc3CC[C@H]2O)cc1. The Morgan fingerprint density at radius 2 is 1.74 bits per heavy atom. The van der Waals surface area contributed by atoms with E-state index in [0.29, 0.717) is 30.6 Å². The van der Waals surface area contributed by atoms with E-state index in [0.717, 1.165) is 23.1 Å². The van der Waals surface area contributed by atoms with Crippen LogP contribution in [0.5, 0.6) is 0 Å². The van der Waals surface area contributed by atoms with Crippen molar-refractivity contribution in [2.75, 3.05) is 11.9 Å². The number of hydrogen-bond donors (Lipinski definition) is 4. The molecule has 1 aliphatic carbocycles. The van der Waals surface area contributed by atoms with E-state index in [1.807, 2.05) is 43.3 Å². The number of carbonyl (C=O) groups excluding carboxylic acids is 1. The number of benzene rings is 3. The molecule has 0 saturated heterocycles. The number of sulfonamides is 1. The Hall–Kier alpha value is -3.04. The van der Waals surface area contributed by atoms with Gasteiger partial charge in [0.25, 0.3) is 0 Å². The molecule has 0 radical (unpaired) electrons. The van der Waals surface area contributed by atoms with Crippen molar-refractivity contribution in [2.24, 2.45) is 0 Å². The molecule has 35 heavy (non-hydrogen) atoms. The fourth-order valence-electron chi connectivity index (χ4n) is 4.27. The van der Waals surface area contributed by atoms with Crippen molar-refractivity contribution in [1.29, 1.82) is 0 Å². The van der Waals surface area contributed by atoms with Gasteiger partial charge in [-0.2, -0.15) is 0 Å². The predicted octanol–water partition coefficient (Wildman–Crippen LogP) is 3.30. The largest absolute Gasteiger partial charge is 0.391 e. The van der Waals surface area contributed by atoms with E-state index in [9.17, 15) is 18.3 Å². The Morgan fingerprint density at radius 3 is 2.46 bits per heavy atom. The lowest BCUT2D eigenvalue weighted by molar-refractivity contribution is -0.115. The number of rotatable bonds is 9. The standard InChI is InChI=1S/C27H31N3O4S/c1-2-19-8-13-23(14-9-19)35(33,34)30-27-24-16-22(12-10-21(24)11-15-25(27)31)29-26(32)18-28-17-20-6-4-3-5-7-20/h3-10,12-14,16,25,27-28,30-31H,2,11,15,17-18H2,1H3,(H,29,32)/t25-,27-/m1/s1. The highest BCUT2D eigenvalue weighted by Crippen LogP contribution is 2.33. The first kappa shape index (κ1) is 25.1. The Kier molecular flexibility index (Phi) is 7.97. The van der Waals surface area contributed by atoms with E-state index in [-0.39, 0.29) is 17.3 Å². The third-order valence-electron chi connectivity index (χ3n) is 6.24. The van der Waals surface area contributed by atoms with Gasteiger partial charge in [-0.15, -0.1) is 0 Å². The van der Waals surface area contributed by atoms with E-state index in [1.165, 1.54) is 0 Å². The molecular formula is C27H31N3O4S. The van der Waals surface area contributed by atoms with Gasteiger partial charge in [0.15, 0.2) is 0 Å². The van der Waals surface area contributed by atoms with Crippen molar-refractivity contribution < 1.29 is 18.3 Å². The summed E-state index contributed by atoms with van der Waals surface area (Å²) in [5.41, 5.74) is 4.31. The number of aliphatic hydroxyl groups is 1. The molecule has 7 nitrogen and oxygen atoms in total. The number of hydrogen-bond acceptors (Lipinski definition) is 5. The molecule has 0 fully saturated rings. The molecule has 0 bridgehead atoms. The van der Waals surface area contributed by atoms with Crippen LogP contribution in [-0.2, 0) is 34.2 Å². The highest BCUT2D eigenvalue weighted by atomic mass is 32.2. The zero-order valence-corrected chi connectivity index (χ0v) is 20.5. The lowest BCUT2D eigenvalue weighted by Gasteiger charge is -2.31. The maximum Gasteiger partial charge on any atom is 0.241 e. The molecule has 2 atom stereocenters. The second kappa shape index (κ2) is 11.1. The maximum atomic E-state index is 13.1. The summed E-state index contributed by atoms with van der Waals surface area (Å²) in [7, 11) is -3.84. The first-order chi connectivity index (χ1) is 16.9. The van der Waals surface area contributed by atoms with Crippen molar-refractivity contribution in [1.82, 2.24) is 10.0 Å². The maximum absolute atomic E-state index is 13.1. The summed E-state index contributed by atoms with van der Waals surface area (Å²) in [6, 6.07) is 21.2. The van der Waals surface area contributed by atoms with Gasteiger partial charge in [-0.25, -0.2) is 13.1 Å². The Morgan fingerprint density at radius 1 is 1.00 bits per heavy atom. The number of aliphatic hydroxyl groups excluding tert-OH is 1. The minimum absolute atomic E-state index is 0.137. The summed E-state index contributed by atoms with van der Waals surface area (Å²) >= 11 is 0. The van der Waals surface area contributed by atoms with Crippen molar-refractivity contribution >= 4 is 21.6 Å². The monoisotopic (exact) mass is 493 g/mol. The number of aryl methyl sites for hydroxylation is 2. The summed E-state index contributed by atoms with van der Waals surface area (Å²) in [5.74, 6) is -0.203. The summed E-state index contributed by atoms with van der Waals surface area (Å²) in [6.07, 6.45) is 1.03. The third kappa shape index (κ3) is 6.35. The molecule has 0 saturated carbocycles. The van der Waals surface area contributed by atoms with Crippen molar-refractivity contribution in [3.8, 4) is 0 Å². The molecule has 0 heterocycles. The summed E-state index contributed by atoms with van der Waals surface area (Å²) < 4.78 is 28.8. The number of anilines is 1. The molecule has 1 aliphatic rings. The van der Waals surface area contributed by atoms with Crippen molar-refractivity contribution in [3.05, 3.63) is 95.1 Å². The van der Waals surface area contributed by atoms with Crippen LogP contribution >= 0.6 is 0 Å². The average molecular weight is 494 g/mol. The predicted molar refractivity (Wildman–Crippen MR) is 136 cm³/mol. The molecule has 3 aromatic rings. The van der Waals surface area contributed by atoms with Gasteiger partial charge in [-0.1, -0.05) is 55.5 Å². The van der Waals surface area contributed by atoms with Gasteiger partial charge < -0.3 is 15.7 Å². The van der Waals surface area contributed by atoms with Crippen LogP contribution in [0.4, 0.5) is 5.69 Å². The molecule has 1 amide bonds. The number of nitrogens with one attached hydrogen (secondary N) is 3. The number of carbonyl (C=O) groups is 1. The molecule has 0 spiro atoms. The van der Waals surface area contributed by atoms with Crippen LogP contribution in [0.3, 0.4) is 0 Å². The third-order valence-corrected chi connectivity index (χ3v) is 7.70. The molecule has 0 aromatic heterocycles. The molecule has 4 rings (SSSR count). The molecule has 3 aromatic carbocycles. The Labute approximate surface area is 206 Å². The zero-order chi connectivity index (χ0) is 24.8. The fraction of sp³-hybridized carbons (Fsp3) is 0.296. The quantitative estimate of drug-likeness (QED) is 0.366. The van der Waals surface area contributed by atoms with Gasteiger partial charge in [0.05, 0.1) is 23.6 Å². The van der Waals surface area contributed by atoms with Gasteiger partial charge >= 0.3 is 0 Å². The first-order valence-electron chi connectivity index (χ1n) is 11.8. The molecular weight excluding hydrogens is 462 g/mol. The van der Waals surface area contributed by atoms with E-state index < -0.39 is 22.2 Å². The highest BCUT2D eigenvalue weighted by molar-refractivity contribution is 7.89. The van der Waals surface area contributed by atoms with Crippen LogP contribution in [0.15, 0.2) is 77.7 Å². The van der Waals surface area contributed by atoms with Crippen LogP contribution in [0.25, 0.3) is 0 Å². The highest BCUT2D eigenvalue weighted by Gasteiger charge is 2.32.